The Morgan fingerprint density at radius 2 is 2.30 bits per heavy atom. The highest BCUT2D eigenvalue weighted by Crippen LogP contribution is 2.19. The van der Waals surface area contributed by atoms with Gasteiger partial charge in [0, 0.05) is 18.8 Å². The number of halogens is 1. The van der Waals surface area contributed by atoms with Crippen molar-refractivity contribution in [3.8, 4) is 0 Å². The number of aromatic nitrogens is 3. The molecule has 0 unspecified atom stereocenters. The molecule has 0 spiro atoms. The molecule has 1 N–H and O–H groups in total. The zero-order valence-electron chi connectivity index (χ0n) is 10.2. The Labute approximate surface area is 112 Å². The minimum Gasteiger partial charge on any atom is -0.350 e. The summed E-state index contributed by atoms with van der Waals surface area (Å²) in [7, 11) is 0. The molecule has 0 atom stereocenters. The topological polar surface area (TPSA) is 103 Å². The lowest BCUT2D eigenvalue weighted by Crippen LogP contribution is -2.28. The summed E-state index contributed by atoms with van der Waals surface area (Å²) >= 11 is 0. The molecular weight excluding hydrogens is 269 g/mol. The van der Waals surface area contributed by atoms with E-state index in [1.54, 1.807) is 6.20 Å². The van der Waals surface area contributed by atoms with E-state index in [-0.39, 0.29) is 12.1 Å². The first-order valence-electron chi connectivity index (χ1n) is 5.64. The summed E-state index contributed by atoms with van der Waals surface area (Å²) in [5.74, 6) is -1.42. The number of hydrogen-bond acceptors (Lipinski definition) is 5. The molecule has 0 fully saturated rings. The van der Waals surface area contributed by atoms with Gasteiger partial charge in [-0.05, 0) is 12.1 Å². The molecule has 0 saturated carbocycles. The Bertz CT molecular complexity index is 629. The van der Waals surface area contributed by atoms with Crippen LogP contribution in [-0.4, -0.2) is 32.4 Å². The van der Waals surface area contributed by atoms with Crippen molar-refractivity contribution in [2.45, 2.75) is 6.54 Å². The Hall–Kier alpha value is -2.84. The highest BCUT2D eigenvalue weighted by atomic mass is 19.1. The van der Waals surface area contributed by atoms with Gasteiger partial charge in [0.05, 0.1) is 17.7 Å². The summed E-state index contributed by atoms with van der Waals surface area (Å²) in [6.07, 6.45) is 3.09. The van der Waals surface area contributed by atoms with E-state index in [1.165, 1.54) is 10.9 Å². The molecule has 0 aliphatic rings. The van der Waals surface area contributed by atoms with E-state index >= 15 is 0 Å². The first-order chi connectivity index (χ1) is 9.58. The highest BCUT2D eigenvalue weighted by molar-refractivity contribution is 5.98. The first kappa shape index (κ1) is 13.6. The number of amides is 1. The van der Waals surface area contributed by atoms with Gasteiger partial charge in [-0.25, -0.2) is 4.39 Å². The number of nitrogens with zero attached hydrogens (tertiary/aromatic N) is 4. The molecule has 104 valence electrons. The number of rotatable bonds is 5. The normalized spacial score (nSPS) is 10.2. The van der Waals surface area contributed by atoms with Crippen LogP contribution in [0.4, 0.5) is 10.1 Å². The number of nitrogens with one attached hydrogen (secondary N) is 1. The van der Waals surface area contributed by atoms with Crippen LogP contribution in [-0.2, 0) is 6.54 Å². The summed E-state index contributed by atoms with van der Waals surface area (Å²) in [5, 5.41) is 20.5. The number of carbonyl (C=O) groups is 1. The van der Waals surface area contributed by atoms with E-state index in [0.717, 1.165) is 18.2 Å². The van der Waals surface area contributed by atoms with Crippen molar-refractivity contribution in [3.05, 3.63) is 52.1 Å². The predicted octanol–water partition coefficient (Wildman–Crippen LogP) is 0.755. The van der Waals surface area contributed by atoms with Crippen molar-refractivity contribution in [2.24, 2.45) is 0 Å². The summed E-state index contributed by atoms with van der Waals surface area (Å²) in [5.41, 5.74) is -0.752. The Balaban J connectivity index is 2.05. The fourth-order valence-electron chi connectivity index (χ4n) is 1.58. The maximum atomic E-state index is 13.1. The van der Waals surface area contributed by atoms with Crippen molar-refractivity contribution in [3.63, 3.8) is 0 Å². The molecule has 1 aromatic heterocycles. The van der Waals surface area contributed by atoms with Crippen LogP contribution in [0.25, 0.3) is 0 Å². The van der Waals surface area contributed by atoms with Crippen LogP contribution in [0.5, 0.6) is 0 Å². The minimum atomic E-state index is -0.730. The van der Waals surface area contributed by atoms with E-state index in [0.29, 0.717) is 6.54 Å². The third-order valence-electron chi connectivity index (χ3n) is 2.50. The molecule has 0 radical (unpaired) electrons. The molecule has 0 aliphatic heterocycles. The van der Waals surface area contributed by atoms with Crippen LogP contribution >= 0.6 is 0 Å². The third-order valence-corrected chi connectivity index (χ3v) is 2.50. The fraction of sp³-hybridized carbons (Fsp3) is 0.182. The van der Waals surface area contributed by atoms with Gasteiger partial charge in [0.1, 0.15) is 11.4 Å². The Morgan fingerprint density at radius 1 is 1.50 bits per heavy atom. The standard InChI is InChI=1S/C11H10FN5O3/c12-8-1-2-10(17(19)20)9(7-8)11(18)13-3-5-16-6-4-14-15-16/h1-2,4,6-7H,3,5H2,(H,13,18). The largest absolute Gasteiger partial charge is 0.350 e. The summed E-state index contributed by atoms with van der Waals surface area (Å²) in [6.45, 7) is 0.546. The van der Waals surface area contributed by atoms with E-state index < -0.39 is 22.3 Å². The predicted molar refractivity (Wildman–Crippen MR) is 65.4 cm³/mol. The number of nitro benzene ring substituents is 1. The first-order valence-corrected chi connectivity index (χ1v) is 5.64. The summed E-state index contributed by atoms with van der Waals surface area (Å²) < 4.78 is 14.6. The van der Waals surface area contributed by atoms with Gasteiger partial charge in [-0.15, -0.1) is 5.10 Å². The lowest BCUT2D eigenvalue weighted by molar-refractivity contribution is -0.385. The van der Waals surface area contributed by atoms with Crippen LogP contribution in [0.3, 0.4) is 0 Å². The van der Waals surface area contributed by atoms with Crippen molar-refractivity contribution < 1.29 is 14.1 Å². The fourth-order valence-corrected chi connectivity index (χ4v) is 1.58. The maximum Gasteiger partial charge on any atom is 0.282 e. The van der Waals surface area contributed by atoms with Crippen LogP contribution in [0.1, 0.15) is 10.4 Å². The number of nitro groups is 1. The summed E-state index contributed by atoms with van der Waals surface area (Å²) in [6, 6.07) is 2.73. The quantitative estimate of drug-likeness (QED) is 0.642. The average Bonchev–Trinajstić information content (AvgIpc) is 2.91. The molecular formula is C11H10FN5O3. The highest BCUT2D eigenvalue weighted by Gasteiger charge is 2.20. The van der Waals surface area contributed by atoms with E-state index in [4.69, 9.17) is 0 Å². The molecule has 9 heteroatoms. The second kappa shape index (κ2) is 5.87. The van der Waals surface area contributed by atoms with Gasteiger partial charge in [0.2, 0.25) is 0 Å². The second-order valence-electron chi connectivity index (χ2n) is 3.84. The van der Waals surface area contributed by atoms with Gasteiger partial charge in [-0.1, -0.05) is 5.21 Å². The zero-order chi connectivity index (χ0) is 14.5. The van der Waals surface area contributed by atoms with Crippen LogP contribution in [0, 0.1) is 15.9 Å². The number of carbonyl (C=O) groups excluding carboxylic acids is 1. The second-order valence-corrected chi connectivity index (χ2v) is 3.84. The van der Waals surface area contributed by atoms with Crippen molar-refractivity contribution in [1.82, 2.24) is 20.3 Å². The number of benzene rings is 1. The molecule has 20 heavy (non-hydrogen) atoms. The van der Waals surface area contributed by atoms with E-state index in [2.05, 4.69) is 15.6 Å². The van der Waals surface area contributed by atoms with Crippen LogP contribution in [0.2, 0.25) is 0 Å². The van der Waals surface area contributed by atoms with Crippen LogP contribution in [0.15, 0.2) is 30.6 Å². The van der Waals surface area contributed by atoms with Crippen molar-refractivity contribution in [2.75, 3.05) is 6.54 Å². The summed E-state index contributed by atoms with van der Waals surface area (Å²) in [4.78, 5) is 21.9. The minimum absolute atomic E-state index is 0.190. The van der Waals surface area contributed by atoms with Gasteiger partial charge in [-0.2, -0.15) is 0 Å². The third kappa shape index (κ3) is 3.13. The smallest absolute Gasteiger partial charge is 0.282 e. The number of hydrogen-bond donors (Lipinski definition) is 1. The van der Waals surface area contributed by atoms with Gasteiger partial charge in [0.25, 0.3) is 11.6 Å². The molecule has 1 aromatic carbocycles. The molecule has 0 bridgehead atoms. The molecule has 1 amide bonds. The van der Waals surface area contributed by atoms with Gasteiger partial charge in [-0.3, -0.25) is 19.6 Å². The lowest BCUT2D eigenvalue weighted by atomic mass is 10.1. The van der Waals surface area contributed by atoms with Gasteiger partial charge >= 0.3 is 0 Å². The van der Waals surface area contributed by atoms with Crippen LogP contribution < -0.4 is 5.32 Å². The molecule has 0 saturated heterocycles. The molecule has 2 rings (SSSR count). The van der Waals surface area contributed by atoms with Crippen molar-refractivity contribution in [1.29, 1.82) is 0 Å². The van der Waals surface area contributed by atoms with Gasteiger partial charge < -0.3 is 5.32 Å². The van der Waals surface area contributed by atoms with Gasteiger partial charge in [0.15, 0.2) is 0 Å². The molecule has 1 heterocycles. The van der Waals surface area contributed by atoms with E-state index in [1.807, 2.05) is 0 Å². The molecule has 0 aliphatic carbocycles. The zero-order valence-corrected chi connectivity index (χ0v) is 10.2. The molecule has 2 aromatic rings. The maximum absolute atomic E-state index is 13.1. The monoisotopic (exact) mass is 279 g/mol. The lowest BCUT2D eigenvalue weighted by Gasteiger charge is -2.05. The molecule has 8 nitrogen and oxygen atoms in total. The SMILES string of the molecule is O=C(NCCn1ccnn1)c1cc(F)ccc1[N+](=O)[O-]. The Morgan fingerprint density at radius 3 is 2.95 bits per heavy atom. The average molecular weight is 279 g/mol. The van der Waals surface area contributed by atoms with Crippen molar-refractivity contribution >= 4 is 11.6 Å². The Kier molecular flexibility index (Phi) is 3.99. The van der Waals surface area contributed by atoms with E-state index in [9.17, 15) is 19.3 Å².